The van der Waals surface area contributed by atoms with E-state index in [1.54, 1.807) is 12.2 Å². The van der Waals surface area contributed by atoms with E-state index in [0.29, 0.717) is 11.8 Å². The normalized spacial score (nSPS) is 10.4. The van der Waals surface area contributed by atoms with Crippen LogP contribution in [0.1, 0.15) is 27.9 Å². The summed E-state index contributed by atoms with van der Waals surface area (Å²) in [5, 5.41) is 10.9. The van der Waals surface area contributed by atoms with Crippen molar-refractivity contribution in [2.75, 3.05) is 7.11 Å². The molecule has 0 spiro atoms. The van der Waals surface area contributed by atoms with Gasteiger partial charge in [0.05, 0.1) is 17.6 Å². The Labute approximate surface area is 109 Å². The molecule has 0 saturated heterocycles. The molecule has 1 aromatic rings. The SMILES string of the molecule is COC(=O)c1cc(C=CCC=O)cc([N+](=O)[O-])c1C. The molecule has 0 heterocycles. The Balaban J connectivity index is 3.34. The fourth-order valence-electron chi connectivity index (χ4n) is 1.59. The summed E-state index contributed by atoms with van der Waals surface area (Å²) >= 11 is 0. The highest BCUT2D eigenvalue weighted by Crippen LogP contribution is 2.25. The van der Waals surface area contributed by atoms with Gasteiger partial charge in [0.1, 0.15) is 6.29 Å². The van der Waals surface area contributed by atoms with Gasteiger partial charge in [-0.2, -0.15) is 0 Å². The fraction of sp³-hybridized carbons (Fsp3) is 0.231. The molecule has 0 aliphatic rings. The van der Waals surface area contributed by atoms with Crippen LogP contribution in [0, 0.1) is 17.0 Å². The van der Waals surface area contributed by atoms with Crippen LogP contribution in [0.15, 0.2) is 18.2 Å². The molecule has 100 valence electrons. The lowest BCUT2D eigenvalue weighted by molar-refractivity contribution is -0.385. The molecule has 0 bridgehead atoms. The maximum atomic E-state index is 11.6. The zero-order chi connectivity index (χ0) is 14.4. The Morgan fingerprint density at radius 2 is 2.16 bits per heavy atom. The van der Waals surface area contributed by atoms with Gasteiger partial charge in [0, 0.05) is 18.1 Å². The van der Waals surface area contributed by atoms with Gasteiger partial charge in [-0.3, -0.25) is 10.1 Å². The number of esters is 1. The van der Waals surface area contributed by atoms with E-state index in [1.165, 1.54) is 26.2 Å². The minimum atomic E-state index is -0.633. The summed E-state index contributed by atoms with van der Waals surface area (Å²) in [5.41, 5.74) is 0.708. The van der Waals surface area contributed by atoms with Gasteiger partial charge in [0.25, 0.3) is 5.69 Å². The average molecular weight is 263 g/mol. The topological polar surface area (TPSA) is 86.5 Å². The zero-order valence-electron chi connectivity index (χ0n) is 10.6. The molecule has 0 N–H and O–H groups in total. The van der Waals surface area contributed by atoms with Crippen molar-refractivity contribution in [3.05, 3.63) is 45.0 Å². The van der Waals surface area contributed by atoms with Crippen molar-refractivity contribution in [3.8, 4) is 0 Å². The molecule has 0 unspecified atom stereocenters. The molecule has 0 fully saturated rings. The second-order valence-corrected chi connectivity index (χ2v) is 3.77. The summed E-state index contributed by atoms with van der Waals surface area (Å²) in [6, 6.07) is 2.85. The number of carbonyl (C=O) groups excluding carboxylic acids is 2. The van der Waals surface area contributed by atoms with Crippen LogP contribution in [-0.2, 0) is 9.53 Å². The molecule has 1 aromatic carbocycles. The molecular formula is C13H13NO5. The van der Waals surface area contributed by atoms with Crippen molar-refractivity contribution >= 4 is 24.0 Å². The fourth-order valence-corrected chi connectivity index (χ4v) is 1.59. The molecule has 6 heteroatoms. The number of carbonyl (C=O) groups is 2. The predicted molar refractivity (Wildman–Crippen MR) is 68.9 cm³/mol. The third-order valence-corrected chi connectivity index (χ3v) is 2.55. The first kappa shape index (κ1) is 14.6. The molecule has 19 heavy (non-hydrogen) atoms. The number of nitrogens with zero attached hydrogens (tertiary/aromatic N) is 1. The van der Waals surface area contributed by atoms with Crippen LogP contribution in [0.2, 0.25) is 0 Å². The molecular weight excluding hydrogens is 250 g/mol. The number of hydrogen-bond acceptors (Lipinski definition) is 5. The van der Waals surface area contributed by atoms with Crippen LogP contribution in [-0.4, -0.2) is 24.3 Å². The zero-order valence-corrected chi connectivity index (χ0v) is 10.6. The number of methoxy groups -OCH3 is 1. The van der Waals surface area contributed by atoms with Crippen LogP contribution in [0.25, 0.3) is 6.08 Å². The van der Waals surface area contributed by atoms with Crippen molar-refractivity contribution in [2.24, 2.45) is 0 Å². The van der Waals surface area contributed by atoms with E-state index in [4.69, 9.17) is 0 Å². The third kappa shape index (κ3) is 3.48. The van der Waals surface area contributed by atoms with Crippen LogP contribution < -0.4 is 0 Å². The minimum Gasteiger partial charge on any atom is -0.465 e. The van der Waals surface area contributed by atoms with Gasteiger partial charge in [-0.25, -0.2) is 4.79 Å². The Morgan fingerprint density at radius 3 is 2.68 bits per heavy atom. The van der Waals surface area contributed by atoms with E-state index < -0.39 is 10.9 Å². The van der Waals surface area contributed by atoms with Gasteiger partial charge in [0.2, 0.25) is 0 Å². The number of allylic oxidation sites excluding steroid dienone is 1. The van der Waals surface area contributed by atoms with Crippen molar-refractivity contribution in [3.63, 3.8) is 0 Å². The first-order chi connectivity index (χ1) is 9.01. The van der Waals surface area contributed by atoms with E-state index >= 15 is 0 Å². The van der Waals surface area contributed by atoms with Crippen LogP contribution in [0.5, 0.6) is 0 Å². The lowest BCUT2D eigenvalue weighted by atomic mass is 10.0. The number of benzene rings is 1. The predicted octanol–water partition coefficient (Wildman–Crippen LogP) is 2.29. The van der Waals surface area contributed by atoms with Gasteiger partial charge < -0.3 is 9.53 Å². The van der Waals surface area contributed by atoms with Gasteiger partial charge in [-0.15, -0.1) is 0 Å². The Morgan fingerprint density at radius 1 is 1.47 bits per heavy atom. The maximum Gasteiger partial charge on any atom is 0.338 e. The first-order valence-electron chi connectivity index (χ1n) is 5.48. The Bertz CT molecular complexity index is 548. The lowest BCUT2D eigenvalue weighted by Crippen LogP contribution is -2.06. The smallest absolute Gasteiger partial charge is 0.338 e. The molecule has 6 nitrogen and oxygen atoms in total. The van der Waals surface area contributed by atoms with E-state index in [-0.39, 0.29) is 23.2 Å². The number of ether oxygens (including phenoxy) is 1. The standard InChI is InChI=1S/C13H13NO5/c1-9-11(13(16)19-2)7-10(5-3-4-6-15)8-12(9)14(17)18/h3,5-8H,4H2,1-2H3. The maximum absolute atomic E-state index is 11.6. The molecule has 1 rings (SSSR count). The van der Waals surface area contributed by atoms with Gasteiger partial charge >= 0.3 is 5.97 Å². The van der Waals surface area contributed by atoms with E-state index in [1.807, 2.05) is 0 Å². The summed E-state index contributed by atoms with van der Waals surface area (Å²) < 4.78 is 4.59. The highest BCUT2D eigenvalue weighted by Gasteiger charge is 2.20. The lowest BCUT2D eigenvalue weighted by Gasteiger charge is -2.06. The number of aldehydes is 1. The summed E-state index contributed by atoms with van der Waals surface area (Å²) in [4.78, 5) is 32.2. The second-order valence-electron chi connectivity index (χ2n) is 3.77. The molecule has 0 saturated carbocycles. The van der Waals surface area contributed by atoms with Gasteiger partial charge in [0.15, 0.2) is 0 Å². The summed E-state index contributed by atoms with van der Waals surface area (Å²) in [6.45, 7) is 1.49. The molecule has 0 radical (unpaired) electrons. The van der Waals surface area contributed by atoms with Crippen LogP contribution in [0.4, 0.5) is 5.69 Å². The van der Waals surface area contributed by atoms with E-state index in [9.17, 15) is 19.7 Å². The minimum absolute atomic E-state index is 0.141. The van der Waals surface area contributed by atoms with Crippen molar-refractivity contribution < 1.29 is 19.2 Å². The summed E-state index contributed by atoms with van der Waals surface area (Å²) in [7, 11) is 1.21. The highest BCUT2D eigenvalue weighted by atomic mass is 16.6. The molecule has 0 aliphatic heterocycles. The van der Waals surface area contributed by atoms with Gasteiger partial charge in [-0.05, 0) is 18.6 Å². The molecule has 0 aliphatic carbocycles. The van der Waals surface area contributed by atoms with Gasteiger partial charge in [-0.1, -0.05) is 12.2 Å². The molecule has 0 atom stereocenters. The molecule has 0 aromatic heterocycles. The first-order valence-corrected chi connectivity index (χ1v) is 5.48. The number of nitro groups is 1. The monoisotopic (exact) mass is 263 g/mol. The largest absolute Gasteiger partial charge is 0.465 e. The summed E-state index contributed by atoms with van der Waals surface area (Å²) in [5.74, 6) is -0.633. The Kier molecular flexibility index (Phi) is 4.93. The second kappa shape index (κ2) is 6.44. The number of rotatable bonds is 5. The quantitative estimate of drug-likeness (QED) is 0.352. The van der Waals surface area contributed by atoms with E-state index in [2.05, 4.69) is 4.74 Å². The number of nitro benzene ring substituents is 1. The van der Waals surface area contributed by atoms with Crippen LogP contribution in [0.3, 0.4) is 0 Å². The average Bonchev–Trinajstić information content (AvgIpc) is 2.39. The van der Waals surface area contributed by atoms with Crippen molar-refractivity contribution in [1.82, 2.24) is 0 Å². The van der Waals surface area contributed by atoms with Crippen molar-refractivity contribution in [2.45, 2.75) is 13.3 Å². The highest BCUT2D eigenvalue weighted by molar-refractivity contribution is 5.93. The van der Waals surface area contributed by atoms with E-state index in [0.717, 1.165) is 0 Å². The van der Waals surface area contributed by atoms with Crippen LogP contribution >= 0.6 is 0 Å². The Hall–Kier alpha value is -2.50. The van der Waals surface area contributed by atoms with Crippen molar-refractivity contribution in [1.29, 1.82) is 0 Å². The number of hydrogen-bond donors (Lipinski definition) is 0. The third-order valence-electron chi connectivity index (χ3n) is 2.55. The molecule has 0 amide bonds. The summed E-state index contributed by atoms with van der Waals surface area (Å²) in [6.07, 6.45) is 4.02.